The number of rotatable bonds is 5. The number of aromatic nitrogens is 2. The number of nitrogens with one attached hydrogen (secondary N) is 1. The van der Waals surface area contributed by atoms with Crippen molar-refractivity contribution in [1.29, 1.82) is 0 Å². The maximum absolute atomic E-state index is 11.1. The quantitative estimate of drug-likeness (QED) is 0.890. The van der Waals surface area contributed by atoms with Crippen LogP contribution in [0.3, 0.4) is 0 Å². The minimum atomic E-state index is -1.05. The Hall–Kier alpha value is -2.60. The monoisotopic (exact) mass is 313 g/mol. The molecule has 0 saturated carbocycles. The summed E-state index contributed by atoms with van der Waals surface area (Å²) in [5, 5.41) is 11.6. The summed E-state index contributed by atoms with van der Waals surface area (Å²) in [6, 6.07) is 9.50. The van der Waals surface area contributed by atoms with Crippen LogP contribution in [0.15, 0.2) is 55.1 Å². The Morgan fingerprint density at radius 1 is 1.39 bits per heavy atom. The molecule has 3 rings (SSSR count). The van der Waals surface area contributed by atoms with E-state index in [1.54, 1.807) is 12.5 Å². The van der Waals surface area contributed by atoms with E-state index in [1.165, 1.54) is 0 Å². The number of ether oxygens (including phenoxy) is 1. The average Bonchev–Trinajstić information content (AvgIpc) is 3.08. The molecule has 2 N–H and O–H groups in total. The average molecular weight is 313 g/mol. The fraction of sp³-hybridized carbons (Fsp3) is 0.294. The van der Waals surface area contributed by atoms with Gasteiger partial charge in [-0.3, -0.25) is 0 Å². The van der Waals surface area contributed by atoms with Gasteiger partial charge in [0.05, 0.1) is 25.1 Å². The second-order valence-corrected chi connectivity index (χ2v) is 5.48. The van der Waals surface area contributed by atoms with Gasteiger partial charge in [0.2, 0.25) is 0 Å². The molecule has 0 saturated heterocycles. The Morgan fingerprint density at radius 3 is 2.91 bits per heavy atom. The summed E-state index contributed by atoms with van der Waals surface area (Å²) in [6.45, 7) is 0.470. The largest absolute Gasteiger partial charge is 0.465 e. The Balaban J connectivity index is 1.70. The highest BCUT2D eigenvalue weighted by Gasteiger charge is 2.27. The Morgan fingerprint density at radius 2 is 2.22 bits per heavy atom. The van der Waals surface area contributed by atoms with Gasteiger partial charge in [0, 0.05) is 18.1 Å². The fourth-order valence-corrected chi connectivity index (χ4v) is 2.75. The van der Waals surface area contributed by atoms with Crippen LogP contribution in [0.2, 0.25) is 0 Å². The van der Waals surface area contributed by atoms with Crippen molar-refractivity contribution in [3.8, 4) is 0 Å². The predicted molar refractivity (Wildman–Crippen MR) is 85.7 cm³/mol. The van der Waals surface area contributed by atoms with Crippen LogP contribution in [-0.4, -0.2) is 32.9 Å². The van der Waals surface area contributed by atoms with Crippen LogP contribution in [0, 0.1) is 0 Å². The lowest BCUT2D eigenvalue weighted by Crippen LogP contribution is -2.44. The van der Waals surface area contributed by atoms with Crippen molar-refractivity contribution in [2.75, 3.05) is 0 Å². The molecule has 6 nitrogen and oxygen atoms in total. The molecule has 1 aromatic carbocycles. The van der Waals surface area contributed by atoms with Gasteiger partial charge in [-0.2, -0.15) is 0 Å². The first-order valence-electron chi connectivity index (χ1n) is 7.56. The highest BCUT2D eigenvalue weighted by molar-refractivity contribution is 5.66. The number of amides is 1. The van der Waals surface area contributed by atoms with Gasteiger partial charge in [-0.15, -0.1) is 0 Å². The van der Waals surface area contributed by atoms with Gasteiger partial charge in [-0.1, -0.05) is 30.3 Å². The van der Waals surface area contributed by atoms with Gasteiger partial charge in [0.15, 0.2) is 0 Å². The topological polar surface area (TPSA) is 76.4 Å². The molecule has 0 aliphatic heterocycles. The first-order chi connectivity index (χ1) is 11.2. The molecule has 1 amide bonds. The first kappa shape index (κ1) is 15.3. The lowest BCUT2D eigenvalue weighted by atomic mass is 9.96. The molecule has 23 heavy (non-hydrogen) atoms. The number of benzene rings is 1. The van der Waals surface area contributed by atoms with E-state index in [1.807, 2.05) is 47.2 Å². The number of nitrogens with zero attached hydrogens (tertiary/aromatic N) is 2. The van der Waals surface area contributed by atoms with Crippen molar-refractivity contribution in [1.82, 2.24) is 14.9 Å². The van der Waals surface area contributed by atoms with Gasteiger partial charge in [0.25, 0.3) is 0 Å². The minimum absolute atomic E-state index is 0.182. The summed E-state index contributed by atoms with van der Waals surface area (Å²) in [4.78, 5) is 15.1. The van der Waals surface area contributed by atoms with E-state index >= 15 is 0 Å². The summed E-state index contributed by atoms with van der Waals surface area (Å²) < 4.78 is 7.86. The van der Waals surface area contributed by atoms with Crippen LogP contribution in [-0.2, 0) is 11.3 Å². The van der Waals surface area contributed by atoms with Gasteiger partial charge in [-0.05, 0) is 24.5 Å². The molecular formula is C17H19N3O3. The second-order valence-electron chi connectivity index (χ2n) is 5.48. The molecule has 1 aromatic heterocycles. The van der Waals surface area contributed by atoms with Crippen molar-refractivity contribution in [2.24, 2.45) is 0 Å². The molecule has 0 fully saturated rings. The molecule has 0 radical (unpaired) electrons. The van der Waals surface area contributed by atoms with Crippen LogP contribution >= 0.6 is 0 Å². The molecule has 120 valence electrons. The zero-order chi connectivity index (χ0) is 16.1. The van der Waals surface area contributed by atoms with Crippen LogP contribution in [0.5, 0.6) is 0 Å². The molecule has 2 unspecified atom stereocenters. The number of hydrogen-bond donors (Lipinski definition) is 2. The number of carboxylic acid groups (broad SMARTS) is 1. The van der Waals surface area contributed by atoms with E-state index < -0.39 is 6.09 Å². The van der Waals surface area contributed by atoms with Crippen molar-refractivity contribution in [3.63, 3.8) is 0 Å². The molecule has 2 atom stereocenters. The highest BCUT2D eigenvalue weighted by Crippen LogP contribution is 2.25. The number of allylic oxidation sites excluding steroid dienone is 1. The summed E-state index contributed by atoms with van der Waals surface area (Å²) in [7, 11) is 0. The van der Waals surface area contributed by atoms with Crippen LogP contribution in [0.4, 0.5) is 4.79 Å². The molecule has 0 spiro atoms. The lowest BCUT2D eigenvalue weighted by molar-refractivity contribution is 0.0183. The summed E-state index contributed by atoms with van der Waals surface area (Å²) in [5.74, 6) is 0. The predicted octanol–water partition coefficient (Wildman–Crippen LogP) is 2.74. The molecule has 1 heterocycles. The van der Waals surface area contributed by atoms with E-state index in [2.05, 4.69) is 10.3 Å². The van der Waals surface area contributed by atoms with E-state index in [-0.39, 0.29) is 12.1 Å². The van der Waals surface area contributed by atoms with Crippen LogP contribution in [0.1, 0.15) is 18.4 Å². The standard InChI is InChI=1S/C17H19N3O3/c21-17(22)19-15-10-14(20-9-8-18-12-20)6-7-16(15)23-11-13-4-2-1-3-5-13/h1-5,8-10,12,15-16,19H,6-7,11H2,(H,21,22). The molecular weight excluding hydrogens is 294 g/mol. The molecule has 0 bridgehead atoms. The molecule has 6 heteroatoms. The third-order valence-corrected chi connectivity index (χ3v) is 3.89. The maximum atomic E-state index is 11.1. The summed E-state index contributed by atoms with van der Waals surface area (Å²) >= 11 is 0. The smallest absolute Gasteiger partial charge is 0.405 e. The van der Waals surface area contributed by atoms with Gasteiger partial charge in [-0.25, -0.2) is 9.78 Å². The fourth-order valence-electron chi connectivity index (χ4n) is 2.75. The highest BCUT2D eigenvalue weighted by atomic mass is 16.5. The zero-order valence-corrected chi connectivity index (χ0v) is 12.6. The van der Waals surface area contributed by atoms with E-state index in [0.717, 1.165) is 24.1 Å². The Bertz CT molecular complexity index is 668. The zero-order valence-electron chi connectivity index (χ0n) is 12.6. The third-order valence-electron chi connectivity index (χ3n) is 3.89. The Labute approximate surface area is 134 Å². The number of carbonyl (C=O) groups is 1. The van der Waals surface area contributed by atoms with Crippen LogP contribution in [0.25, 0.3) is 5.70 Å². The molecule has 1 aliphatic carbocycles. The van der Waals surface area contributed by atoms with E-state index in [0.29, 0.717) is 6.61 Å². The van der Waals surface area contributed by atoms with Crippen LogP contribution < -0.4 is 5.32 Å². The summed E-state index contributed by atoms with van der Waals surface area (Å²) in [5.41, 5.74) is 2.10. The van der Waals surface area contributed by atoms with Crippen molar-refractivity contribution in [3.05, 3.63) is 60.7 Å². The maximum Gasteiger partial charge on any atom is 0.405 e. The third kappa shape index (κ3) is 3.98. The summed E-state index contributed by atoms with van der Waals surface area (Å²) in [6.07, 6.45) is 7.52. The van der Waals surface area contributed by atoms with Gasteiger partial charge < -0.3 is 19.7 Å². The van der Waals surface area contributed by atoms with Crippen molar-refractivity contribution < 1.29 is 14.6 Å². The first-order valence-corrected chi connectivity index (χ1v) is 7.56. The Kier molecular flexibility index (Phi) is 4.73. The second kappa shape index (κ2) is 7.11. The van der Waals surface area contributed by atoms with E-state index in [4.69, 9.17) is 9.84 Å². The minimum Gasteiger partial charge on any atom is -0.465 e. The van der Waals surface area contributed by atoms with Crippen molar-refractivity contribution >= 4 is 11.8 Å². The van der Waals surface area contributed by atoms with Gasteiger partial charge >= 0.3 is 6.09 Å². The van der Waals surface area contributed by atoms with Gasteiger partial charge in [0.1, 0.15) is 0 Å². The molecule has 2 aromatic rings. The molecule has 1 aliphatic rings. The lowest BCUT2D eigenvalue weighted by Gasteiger charge is -2.30. The number of hydrogen-bond acceptors (Lipinski definition) is 3. The SMILES string of the molecule is O=C(O)NC1C=C(n2ccnc2)CCC1OCc1ccccc1. The normalized spacial score (nSPS) is 20.8. The van der Waals surface area contributed by atoms with E-state index in [9.17, 15) is 4.79 Å². The number of imidazole rings is 1. The van der Waals surface area contributed by atoms with Crippen molar-refractivity contribution in [2.45, 2.75) is 31.6 Å².